The maximum atomic E-state index is 13.1. The molecule has 3 unspecified atom stereocenters. The average molecular weight is 465 g/mol. The Bertz CT molecular complexity index is 1140. The van der Waals surface area contributed by atoms with Gasteiger partial charge in [-0.3, -0.25) is 19.4 Å². The van der Waals surface area contributed by atoms with Gasteiger partial charge in [0.1, 0.15) is 6.04 Å². The van der Waals surface area contributed by atoms with E-state index in [2.05, 4.69) is 10.3 Å². The van der Waals surface area contributed by atoms with Gasteiger partial charge in [-0.1, -0.05) is 24.3 Å². The normalized spacial score (nSPS) is 23.3. The summed E-state index contributed by atoms with van der Waals surface area (Å²) >= 11 is 0. The first-order valence-corrected chi connectivity index (χ1v) is 11.5. The molecule has 9 heteroatoms. The van der Waals surface area contributed by atoms with E-state index in [4.69, 9.17) is 0 Å². The highest BCUT2D eigenvalue weighted by atomic mass is 16.4. The summed E-state index contributed by atoms with van der Waals surface area (Å²) in [5.41, 5.74) is 0.678. The Labute approximate surface area is 197 Å². The highest BCUT2D eigenvalue weighted by Crippen LogP contribution is 2.26. The topological polar surface area (TPSA) is 120 Å². The maximum absolute atomic E-state index is 13.1. The van der Waals surface area contributed by atoms with Crippen molar-refractivity contribution in [3.63, 3.8) is 0 Å². The van der Waals surface area contributed by atoms with Gasteiger partial charge in [0.05, 0.1) is 18.3 Å². The van der Waals surface area contributed by atoms with Crippen LogP contribution in [0.5, 0.6) is 0 Å². The van der Waals surface area contributed by atoms with Crippen LogP contribution in [-0.2, 0) is 19.2 Å². The number of fused-ring (bicyclic) bond motifs is 2. The Hall–Kier alpha value is -3.75. The Balaban J connectivity index is 1.44. The fourth-order valence-corrected chi connectivity index (χ4v) is 4.85. The summed E-state index contributed by atoms with van der Waals surface area (Å²) < 4.78 is 0. The number of hydrogen-bond acceptors (Lipinski definition) is 5. The summed E-state index contributed by atoms with van der Waals surface area (Å²) in [6.07, 6.45) is 6.64. The molecule has 1 aromatic heterocycles. The van der Waals surface area contributed by atoms with Crippen LogP contribution in [0, 0.1) is 0 Å². The molecule has 1 aromatic carbocycles. The van der Waals surface area contributed by atoms with Gasteiger partial charge in [0.15, 0.2) is 0 Å². The highest BCUT2D eigenvalue weighted by molar-refractivity contribution is 5.96. The van der Waals surface area contributed by atoms with Gasteiger partial charge >= 0.3 is 5.97 Å². The molecule has 0 spiro atoms. The number of nitrogens with one attached hydrogen (secondary N) is 1. The van der Waals surface area contributed by atoms with Gasteiger partial charge in [0, 0.05) is 43.6 Å². The zero-order valence-corrected chi connectivity index (χ0v) is 19.0. The van der Waals surface area contributed by atoms with E-state index in [0.717, 1.165) is 10.8 Å². The molecular formula is C25H28N4O5. The van der Waals surface area contributed by atoms with Gasteiger partial charge in [-0.15, -0.1) is 0 Å². The van der Waals surface area contributed by atoms with Crippen molar-refractivity contribution in [3.05, 3.63) is 48.3 Å². The number of aromatic nitrogens is 1. The van der Waals surface area contributed by atoms with Crippen molar-refractivity contribution in [2.75, 3.05) is 13.1 Å². The van der Waals surface area contributed by atoms with E-state index in [1.807, 2.05) is 30.3 Å². The number of aliphatic carboxylic acids is 1. The number of hydrogen-bond donors (Lipinski definition) is 2. The average Bonchev–Trinajstić information content (AvgIpc) is 2.80. The van der Waals surface area contributed by atoms with Crippen LogP contribution in [0.15, 0.2) is 42.6 Å². The van der Waals surface area contributed by atoms with E-state index in [1.165, 1.54) is 22.8 Å². The predicted molar refractivity (Wildman–Crippen MR) is 125 cm³/mol. The monoisotopic (exact) mass is 464 g/mol. The van der Waals surface area contributed by atoms with E-state index in [0.29, 0.717) is 31.5 Å². The summed E-state index contributed by atoms with van der Waals surface area (Å²) in [5, 5.41) is 14.6. The second kappa shape index (κ2) is 10.0. The van der Waals surface area contributed by atoms with Crippen LogP contribution < -0.4 is 5.32 Å². The highest BCUT2D eigenvalue weighted by Gasteiger charge is 2.43. The molecule has 2 aliphatic rings. The van der Waals surface area contributed by atoms with Crippen molar-refractivity contribution in [2.24, 2.45) is 0 Å². The molecule has 2 aromatic rings. The van der Waals surface area contributed by atoms with E-state index in [9.17, 15) is 24.3 Å². The molecule has 3 heterocycles. The van der Waals surface area contributed by atoms with Crippen molar-refractivity contribution in [1.82, 2.24) is 20.1 Å². The number of carboxylic acid groups (broad SMARTS) is 1. The molecule has 3 atom stereocenters. The van der Waals surface area contributed by atoms with Gasteiger partial charge in [-0.05, 0) is 36.8 Å². The molecule has 3 amide bonds. The predicted octanol–water partition coefficient (Wildman–Crippen LogP) is 1.82. The first kappa shape index (κ1) is 23.4. The molecule has 2 aliphatic heterocycles. The quantitative estimate of drug-likeness (QED) is 0.666. The molecule has 34 heavy (non-hydrogen) atoms. The molecule has 0 radical (unpaired) electrons. The second-order valence-electron chi connectivity index (χ2n) is 8.82. The van der Waals surface area contributed by atoms with Gasteiger partial charge in [-0.2, -0.15) is 0 Å². The van der Waals surface area contributed by atoms with Crippen molar-refractivity contribution in [1.29, 1.82) is 0 Å². The zero-order chi connectivity index (χ0) is 24.2. The number of amides is 3. The summed E-state index contributed by atoms with van der Waals surface area (Å²) in [6.45, 7) is 1.72. The lowest BCUT2D eigenvalue weighted by Gasteiger charge is -2.46. The van der Waals surface area contributed by atoms with E-state index in [1.54, 1.807) is 12.3 Å². The molecular weight excluding hydrogens is 436 g/mol. The third-order valence-corrected chi connectivity index (χ3v) is 6.53. The SMILES string of the molecule is CC(=O)N1CC2CCCC(NC(=O)C=Cc3nccc4ccccc34)CC(=O)N2C(C(=O)O)C1. The van der Waals surface area contributed by atoms with Gasteiger partial charge < -0.3 is 20.2 Å². The lowest BCUT2D eigenvalue weighted by Crippen LogP contribution is -2.64. The Morgan fingerprint density at radius 1 is 1.15 bits per heavy atom. The third kappa shape index (κ3) is 5.08. The summed E-state index contributed by atoms with van der Waals surface area (Å²) in [5.74, 6) is -1.97. The van der Waals surface area contributed by atoms with Crippen LogP contribution in [0.2, 0.25) is 0 Å². The van der Waals surface area contributed by atoms with Gasteiger partial charge in [0.25, 0.3) is 0 Å². The van der Waals surface area contributed by atoms with Gasteiger partial charge in [0.2, 0.25) is 17.7 Å². The van der Waals surface area contributed by atoms with E-state index in [-0.39, 0.29) is 36.7 Å². The van der Waals surface area contributed by atoms with E-state index >= 15 is 0 Å². The Kier molecular flexibility index (Phi) is 6.90. The Morgan fingerprint density at radius 2 is 1.94 bits per heavy atom. The number of piperazine rings is 1. The minimum Gasteiger partial charge on any atom is -0.480 e. The first-order chi connectivity index (χ1) is 16.3. The largest absolute Gasteiger partial charge is 0.480 e. The molecule has 178 valence electrons. The number of benzene rings is 1. The molecule has 9 nitrogen and oxygen atoms in total. The van der Waals surface area contributed by atoms with Crippen LogP contribution in [0.3, 0.4) is 0 Å². The lowest BCUT2D eigenvalue weighted by molar-refractivity contribution is -0.161. The number of carbonyl (C=O) groups excluding carboxylic acids is 3. The maximum Gasteiger partial charge on any atom is 0.328 e. The van der Waals surface area contributed by atoms with Crippen LogP contribution in [-0.4, -0.2) is 74.8 Å². The van der Waals surface area contributed by atoms with Crippen molar-refractivity contribution < 1.29 is 24.3 Å². The number of carbonyl (C=O) groups is 4. The fraction of sp³-hybridized carbons (Fsp3) is 0.400. The minimum atomic E-state index is -1.13. The molecule has 4 rings (SSSR count). The lowest BCUT2D eigenvalue weighted by atomic mass is 9.93. The van der Waals surface area contributed by atoms with Crippen LogP contribution >= 0.6 is 0 Å². The number of carboxylic acids is 1. The number of nitrogens with zero attached hydrogens (tertiary/aromatic N) is 3. The van der Waals surface area contributed by atoms with Crippen LogP contribution in [0.1, 0.15) is 38.3 Å². The smallest absolute Gasteiger partial charge is 0.328 e. The molecule has 2 fully saturated rings. The third-order valence-electron chi connectivity index (χ3n) is 6.53. The van der Waals surface area contributed by atoms with Crippen molar-refractivity contribution in [2.45, 2.75) is 50.7 Å². The van der Waals surface area contributed by atoms with Crippen LogP contribution in [0.4, 0.5) is 0 Å². The summed E-state index contributed by atoms with van der Waals surface area (Å²) in [6, 6.07) is 7.86. The van der Waals surface area contributed by atoms with Crippen molar-refractivity contribution >= 4 is 40.5 Å². The van der Waals surface area contributed by atoms with Gasteiger partial charge in [-0.25, -0.2) is 4.79 Å². The zero-order valence-electron chi connectivity index (χ0n) is 19.0. The Morgan fingerprint density at radius 3 is 2.71 bits per heavy atom. The molecule has 2 saturated heterocycles. The summed E-state index contributed by atoms with van der Waals surface area (Å²) in [4.78, 5) is 56.7. The van der Waals surface area contributed by atoms with Crippen molar-refractivity contribution in [3.8, 4) is 0 Å². The number of rotatable bonds is 4. The number of pyridine rings is 1. The van der Waals surface area contributed by atoms with E-state index < -0.39 is 18.1 Å². The molecule has 0 saturated carbocycles. The van der Waals surface area contributed by atoms with Crippen LogP contribution in [0.25, 0.3) is 16.8 Å². The summed E-state index contributed by atoms with van der Waals surface area (Å²) in [7, 11) is 0. The minimum absolute atomic E-state index is 0.0203. The molecule has 0 aliphatic carbocycles. The standard InChI is InChI=1S/C25H28N4O5/c1-16(30)28-14-19-7-4-6-18(13-24(32)29(19)22(15-28)25(33)34)27-23(31)10-9-21-20-8-3-2-5-17(20)11-12-26-21/h2-3,5,8-12,18-19,22H,4,6-7,13-15H2,1H3,(H,27,31)(H,33,34). The fourth-order valence-electron chi connectivity index (χ4n) is 4.85. The molecule has 2 N–H and O–H groups in total. The molecule has 0 bridgehead atoms. The second-order valence-corrected chi connectivity index (χ2v) is 8.82. The first-order valence-electron chi connectivity index (χ1n) is 11.5.